The van der Waals surface area contributed by atoms with E-state index in [9.17, 15) is 9.59 Å². The highest BCUT2D eigenvalue weighted by Gasteiger charge is 2.17. The third-order valence-electron chi connectivity index (χ3n) is 4.87. The van der Waals surface area contributed by atoms with Crippen molar-refractivity contribution < 1.29 is 14.3 Å². The first-order valence-corrected chi connectivity index (χ1v) is 9.52. The van der Waals surface area contributed by atoms with Gasteiger partial charge in [0, 0.05) is 24.7 Å². The summed E-state index contributed by atoms with van der Waals surface area (Å²) in [5.41, 5.74) is 3.15. The minimum atomic E-state index is -0.178. The number of carbonyl (C=O) groups is 1. The molecule has 1 amide bonds. The van der Waals surface area contributed by atoms with Crippen molar-refractivity contribution in [3.05, 3.63) is 75.6 Å². The van der Waals surface area contributed by atoms with E-state index in [0.717, 1.165) is 27.8 Å². The first-order chi connectivity index (χ1) is 14.0. The average Bonchev–Trinajstić information content (AvgIpc) is 2.72. The fourth-order valence-corrected chi connectivity index (χ4v) is 3.21. The maximum atomic E-state index is 12.9. The summed E-state index contributed by atoms with van der Waals surface area (Å²) >= 11 is 0. The molecule has 0 saturated heterocycles. The molecule has 0 fully saturated rings. The Balaban J connectivity index is 1.81. The van der Waals surface area contributed by atoms with Gasteiger partial charge in [-0.2, -0.15) is 0 Å². The number of fused-ring (bicyclic) bond motifs is 1. The molecule has 0 bridgehead atoms. The largest absolute Gasteiger partial charge is 0.497 e. The summed E-state index contributed by atoms with van der Waals surface area (Å²) in [5.74, 6) is 0.686. The Morgan fingerprint density at radius 3 is 2.52 bits per heavy atom. The molecule has 0 atom stereocenters. The van der Waals surface area contributed by atoms with Gasteiger partial charge in [0.15, 0.2) is 0 Å². The maximum Gasteiger partial charge on any atom is 0.253 e. The van der Waals surface area contributed by atoms with E-state index in [0.29, 0.717) is 18.7 Å². The number of carbonyl (C=O) groups excluding carboxylic acids is 1. The highest BCUT2D eigenvalue weighted by molar-refractivity contribution is 5.81. The van der Waals surface area contributed by atoms with E-state index in [-0.39, 0.29) is 24.4 Å². The van der Waals surface area contributed by atoms with Gasteiger partial charge >= 0.3 is 0 Å². The first-order valence-electron chi connectivity index (χ1n) is 9.52. The lowest BCUT2D eigenvalue weighted by Gasteiger charge is -2.22. The van der Waals surface area contributed by atoms with Crippen molar-refractivity contribution in [2.75, 3.05) is 27.4 Å². The Hall–Kier alpha value is -3.12. The van der Waals surface area contributed by atoms with Crippen LogP contribution >= 0.6 is 0 Å². The molecule has 0 aliphatic heterocycles. The van der Waals surface area contributed by atoms with Crippen LogP contribution in [0.2, 0.25) is 0 Å². The number of hydrogen-bond acceptors (Lipinski definition) is 4. The molecule has 2 aromatic carbocycles. The van der Waals surface area contributed by atoms with Crippen molar-refractivity contribution in [1.82, 2.24) is 9.88 Å². The van der Waals surface area contributed by atoms with Crippen molar-refractivity contribution in [3.8, 4) is 5.75 Å². The summed E-state index contributed by atoms with van der Waals surface area (Å²) in [7, 11) is 3.20. The standard InChI is InChI=1S/C23H26N2O4/c1-16-4-7-18-14-19(23(27)24-21(18)12-16)15-25(10-11-28-2)22(26)13-17-5-8-20(29-3)9-6-17/h4-9,12,14H,10-11,13,15H2,1-3H3,(H,24,27). The van der Waals surface area contributed by atoms with E-state index in [4.69, 9.17) is 9.47 Å². The van der Waals surface area contributed by atoms with Crippen LogP contribution in [0, 0.1) is 6.92 Å². The Bertz CT molecular complexity index is 1040. The zero-order chi connectivity index (χ0) is 20.8. The van der Waals surface area contributed by atoms with Crippen molar-refractivity contribution in [2.24, 2.45) is 0 Å². The van der Waals surface area contributed by atoms with Gasteiger partial charge in [0.25, 0.3) is 5.56 Å². The number of nitrogens with zero attached hydrogens (tertiary/aromatic N) is 1. The van der Waals surface area contributed by atoms with Crippen LogP contribution in [0.15, 0.2) is 53.3 Å². The van der Waals surface area contributed by atoms with Crippen LogP contribution in [0.25, 0.3) is 10.9 Å². The van der Waals surface area contributed by atoms with Gasteiger partial charge in [0.1, 0.15) is 5.75 Å². The second-order valence-electron chi connectivity index (χ2n) is 7.05. The highest BCUT2D eigenvalue weighted by atomic mass is 16.5. The van der Waals surface area contributed by atoms with Crippen molar-refractivity contribution >= 4 is 16.8 Å². The van der Waals surface area contributed by atoms with Crippen LogP contribution in [-0.4, -0.2) is 43.2 Å². The van der Waals surface area contributed by atoms with Crippen LogP contribution in [0.3, 0.4) is 0 Å². The van der Waals surface area contributed by atoms with Gasteiger partial charge in [-0.1, -0.05) is 24.3 Å². The molecule has 3 aromatic rings. The molecule has 0 saturated carbocycles. The van der Waals surface area contributed by atoms with E-state index < -0.39 is 0 Å². The van der Waals surface area contributed by atoms with E-state index >= 15 is 0 Å². The van der Waals surface area contributed by atoms with Gasteiger partial charge in [-0.3, -0.25) is 9.59 Å². The molecule has 0 spiro atoms. The van der Waals surface area contributed by atoms with E-state index in [1.807, 2.05) is 55.5 Å². The van der Waals surface area contributed by atoms with Crippen molar-refractivity contribution in [1.29, 1.82) is 0 Å². The third kappa shape index (κ3) is 5.23. The average molecular weight is 394 g/mol. The van der Waals surface area contributed by atoms with Crippen LogP contribution in [-0.2, 0) is 22.5 Å². The molecule has 0 radical (unpaired) electrons. The number of H-pyrrole nitrogens is 1. The number of aromatic amines is 1. The fraction of sp³-hybridized carbons (Fsp3) is 0.304. The predicted molar refractivity (Wildman–Crippen MR) is 113 cm³/mol. The van der Waals surface area contributed by atoms with Crippen LogP contribution < -0.4 is 10.3 Å². The molecule has 1 heterocycles. The Morgan fingerprint density at radius 1 is 1.07 bits per heavy atom. The molecular weight excluding hydrogens is 368 g/mol. The molecule has 1 aromatic heterocycles. The topological polar surface area (TPSA) is 71.6 Å². The molecule has 0 aliphatic carbocycles. The number of nitrogens with one attached hydrogen (secondary N) is 1. The number of aromatic nitrogens is 1. The zero-order valence-corrected chi connectivity index (χ0v) is 17.0. The predicted octanol–water partition coefficient (Wildman–Crippen LogP) is 3.06. The molecule has 152 valence electrons. The lowest BCUT2D eigenvalue weighted by atomic mass is 10.1. The number of aryl methyl sites for hydroxylation is 1. The van der Waals surface area contributed by atoms with Gasteiger partial charge < -0.3 is 19.4 Å². The lowest BCUT2D eigenvalue weighted by Crippen LogP contribution is -2.36. The fourth-order valence-electron chi connectivity index (χ4n) is 3.21. The van der Waals surface area contributed by atoms with Crippen molar-refractivity contribution in [3.63, 3.8) is 0 Å². The summed E-state index contributed by atoms with van der Waals surface area (Å²) in [6.45, 7) is 3.03. The summed E-state index contributed by atoms with van der Waals surface area (Å²) < 4.78 is 10.3. The summed E-state index contributed by atoms with van der Waals surface area (Å²) in [6.07, 6.45) is 0.248. The Kier molecular flexibility index (Phi) is 6.67. The summed E-state index contributed by atoms with van der Waals surface area (Å²) in [5, 5.41) is 0.944. The minimum Gasteiger partial charge on any atom is -0.497 e. The summed E-state index contributed by atoms with van der Waals surface area (Å²) in [4.78, 5) is 30.1. The van der Waals surface area contributed by atoms with E-state index in [2.05, 4.69) is 4.98 Å². The smallest absolute Gasteiger partial charge is 0.253 e. The lowest BCUT2D eigenvalue weighted by molar-refractivity contribution is -0.131. The SMILES string of the molecule is COCCN(Cc1cc2ccc(C)cc2[nH]c1=O)C(=O)Cc1ccc(OC)cc1. The van der Waals surface area contributed by atoms with Gasteiger partial charge in [0.05, 0.1) is 26.7 Å². The number of methoxy groups -OCH3 is 2. The zero-order valence-electron chi connectivity index (χ0n) is 17.0. The van der Waals surface area contributed by atoms with Gasteiger partial charge in [-0.25, -0.2) is 0 Å². The number of rotatable bonds is 8. The number of pyridine rings is 1. The van der Waals surface area contributed by atoms with E-state index in [1.54, 1.807) is 19.1 Å². The van der Waals surface area contributed by atoms with Gasteiger partial charge in [-0.15, -0.1) is 0 Å². The Labute approximate surface area is 170 Å². The number of hydrogen-bond donors (Lipinski definition) is 1. The van der Waals surface area contributed by atoms with Gasteiger partial charge in [0.2, 0.25) is 5.91 Å². The maximum absolute atomic E-state index is 12.9. The molecule has 0 aliphatic rings. The van der Waals surface area contributed by atoms with E-state index in [1.165, 1.54) is 0 Å². The highest BCUT2D eigenvalue weighted by Crippen LogP contribution is 2.16. The van der Waals surface area contributed by atoms with Crippen molar-refractivity contribution in [2.45, 2.75) is 19.9 Å². The van der Waals surface area contributed by atoms with Crippen LogP contribution in [0.5, 0.6) is 5.75 Å². The molecule has 1 N–H and O–H groups in total. The molecule has 6 nitrogen and oxygen atoms in total. The monoisotopic (exact) mass is 394 g/mol. The normalized spacial score (nSPS) is 10.9. The Morgan fingerprint density at radius 2 is 1.83 bits per heavy atom. The molecule has 0 unspecified atom stereocenters. The van der Waals surface area contributed by atoms with Gasteiger partial charge in [-0.05, 0) is 47.7 Å². The molecule has 6 heteroatoms. The third-order valence-corrected chi connectivity index (χ3v) is 4.87. The molecule has 29 heavy (non-hydrogen) atoms. The molecular formula is C23H26N2O4. The van der Waals surface area contributed by atoms with Crippen LogP contribution in [0.4, 0.5) is 0 Å². The second kappa shape index (κ2) is 9.39. The number of ether oxygens (including phenoxy) is 2. The number of benzene rings is 2. The second-order valence-corrected chi connectivity index (χ2v) is 7.05. The summed E-state index contributed by atoms with van der Waals surface area (Å²) in [6, 6.07) is 15.2. The molecule has 3 rings (SSSR count). The van der Waals surface area contributed by atoms with Crippen LogP contribution in [0.1, 0.15) is 16.7 Å². The minimum absolute atomic E-state index is 0.0596. The quantitative estimate of drug-likeness (QED) is 0.637. The first kappa shape index (κ1) is 20.6. The number of amides is 1.